The van der Waals surface area contributed by atoms with Crippen LogP contribution in [-0.2, 0) is 6.42 Å². The van der Waals surface area contributed by atoms with Crippen molar-refractivity contribution in [1.82, 2.24) is 14.8 Å². The van der Waals surface area contributed by atoms with Crippen LogP contribution in [0.15, 0.2) is 0 Å². The zero-order chi connectivity index (χ0) is 12.3. The zero-order valence-corrected chi connectivity index (χ0v) is 12.1. The first-order chi connectivity index (χ1) is 8.26. The smallest absolute Gasteiger partial charge is 0.225 e. The molecule has 1 fully saturated rings. The lowest BCUT2D eigenvalue weighted by Gasteiger charge is -2.29. The molecule has 1 heterocycles. The summed E-state index contributed by atoms with van der Waals surface area (Å²) in [5.74, 6) is 1.06. The predicted octanol–water partition coefficient (Wildman–Crippen LogP) is 3.73. The van der Waals surface area contributed by atoms with Gasteiger partial charge < -0.3 is 0 Å². The Morgan fingerprint density at radius 1 is 1.29 bits per heavy atom. The van der Waals surface area contributed by atoms with Crippen molar-refractivity contribution in [3.8, 4) is 0 Å². The van der Waals surface area contributed by atoms with Crippen molar-refractivity contribution in [2.45, 2.75) is 56.7 Å². The molecule has 1 aromatic heterocycles. The molecule has 0 aromatic carbocycles. The number of hydrogen-bond acceptors (Lipinski definition) is 3. The summed E-state index contributed by atoms with van der Waals surface area (Å²) in [5.41, 5.74) is 0. The third kappa shape index (κ3) is 2.97. The molecule has 2 rings (SSSR count). The molecule has 0 unspecified atom stereocenters. The summed E-state index contributed by atoms with van der Waals surface area (Å²) >= 11 is 8.16. The fourth-order valence-electron chi connectivity index (χ4n) is 2.60. The molecule has 0 N–H and O–H groups in total. The van der Waals surface area contributed by atoms with Gasteiger partial charge in [-0.1, -0.05) is 6.92 Å². The maximum Gasteiger partial charge on any atom is 0.225 e. The molecule has 0 aliphatic heterocycles. The van der Waals surface area contributed by atoms with Crippen LogP contribution in [0.3, 0.4) is 0 Å². The van der Waals surface area contributed by atoms with Crippen LogP contribution >= 0.6 is 23.4 Å². The molecule has 96 valence electrons. The van der Waals surface area contributed by atoms with E-state index in [1.54, 1.807) is 0 Å². The largest absolute Gasteiger partial charge is 0.299 e. The zero-order valence-electron chi connectivity index (χ0n) is 10.5. The molecule has 0 spiro atoms. The highest BCUT2D eigenvalue weighted by atomic mass is 35.5. The van der Waals surface area contributed by atoms with Gasteiger partial charge in [0, 0.05) is 17.7 Å². The van der Waals surface area contributed by atoms with Crippen molar-refractivity contribution in [2.75, 3.05) is 6.26 Å². The number of nitrogens with zero attached hydrogens (tertiary/aromatic N) is 3. The van der Waals surface area contributed by atoms with E-state index in [0.29, 0.717) is 11.3 Å². The van der Waals surface area contributed by atoms with Gasteiger partial charge in [-0.2, -0.15) is 11.8 Å². The summed E-state index contributed by atoms with van der Waals surface area (Å²) in [6, 6.07) is 0.516. The van der Waals surface area contributed by atoms with E-state index in [1.165, 1.54) is 25.7 Å². The Morgan fingerprint density at radius 3 is 2.59 bits per heavy atom. The van der Waals surface area contributed by atoms with E-state index in [1.807, 2.05) is 11.8 Å². The number of aromatic nitrogens is 3. The molecule has 3 nitrogen and oxygen atoms in total. The van der Waals surface area contributed by atoms with E-state index in [9.17, 15) is 0 Å². The van der Waals surface area contributed by atoms with Gasteiger partial charge in [-0.25, -0.2) is 0 Å². The van der Waals surface area contributed by atoms with Crippen LogP contribution in [0, 0.1) is 0 Å². The van der Waals surface area contributed by atoms with E-state index in [0.717, 1.165) is 23.9 Å². The van der Waals surface area contributed by atoms with Gasteiger partial charge in [-0.05, 0) is 50.0 Å². The van der Waals surface area contributed by atoms with E-state index in [4.69, 9.17) is 11.6 Å². The number of halogens is 1. The third-order valence-corrected chi connectivity index (χ3v) is 4.94. The van der Waals surface area contributed by atoms with Crippen LogP contribution in [0.2, 0.25) is 5.28 Å². The SMILES string of the molecule is CCCc1nnc(Cl)n1C1CCC(SC)CC1. The molecular weight excluding hydrogens is 254 g/mol. The third-order valence-electron chi connectivity index (χ3n) is 3.54. The highest BCUT2D eigenvalue weighted by molar-refractivity contribution is 7.99. The minimum Gasteiger partial charge on any atom is -0.299 e. The Kier molecular flexibility index (Phi) is 4.74. The number of rotatable bonds is 4. The van der Waals surface area contributed by atoms with Crippen LogP contribution in [0.1, 0.15) is 50.9 Å². The van der Waals surface area contributed by atoms with Crippen LogP contribution in [0.25, 0.3) is 0 Å². The van der Waals surface area contributed by atoms with Gasteiger partial charge in [0.2, 0.25) is 5.28 Å². The lowest BCUT2D eigenvalue weighted by Crippen LogP contribution is -2.21. The monoisotopic (exact) mass is 273 g/mol. The highest BCUT2D eigenvalue weighted by Crippen LogP contribution is 2.35. The van der Waals surface area contributed by atoms with Gasteiger partial charge in [0.05, 0.1) is 0 Å². The molecule has 17 heavy (non-hydrogen) atoms. The second-order valence-corrected chi connectivity index (χ2v) is 6.15. The Labute approximate surface area is 112 Å². The normalized spacial score (nSPS) is 25.1. The molecule has 1 aromatic rings. The highest BCUT2D eigenvalue weighted by Gasteiger charge is 2.25. The minimum atomic E-state index is 0.516. The molecule has 5 heteroatoms. The van der Waals surface area contributed by atoms with Crippen LogP contribution < -0.4 is 0 Å². The molecular formula is C12H20ClN3S. The summed E-state index contributed by atoms with van der Waals surface area (Å²) in [7, 11) is 0. The van der Waals surface area contributed by atoms with Crippen LogP contribution in [-0.4, -0.2) is 26.3 Å². The topological polar surface area (TPSA) is 30.7 Å². The van der Waals surface area contributed by atoms with E-state index in [2.05, 4.69) is 27.9 Å². The molecule has 0 radical (unpaired) electrons. The molecule has 0 saturated heterocycles. The molecule has 1 aliphatic carbocycles. The van der Waals surface area contributed by atoms with Gasteiger partial charge in [-0.15, -0.1) is 10.2 Å². The first-order valence-corrected chi connectivity index (χ1v) is 8.05. The van der Waals surface area contributed by atoms with Crippen molar-refractivity contribution >= 4 is 23.4 Å². The maximum atomic E-state index is 6.17. The average molecular weight is 274 g/mol. The standard InChI is InChI=1S/C12H20ClN3S/c1-3-4-11-14-15-12(13)16(11)9-5-7-10(17-2)8-6-9/h9-10H,3-8H2,1-2H3. The minimum absolute atomic E-state index is 0.516. The Morgan fingerprint density at radius 2 is 2.00 bits per heavy atom. The Hall–Kier alpha value is -0.220. The summed E-state index contributed by atoms with van der Waals surface area (Å²) in [4.78, 5) is 0. The summed E-state index contributed by atoms with van der Waals surface area (Å²) in [5, 5.41) is 9.62. The number of aryl methyl sites for hydroxylation is 1. The summed E-state index contributed by atoms with van der Waals surface area (Å²) in [6.45, 7) is 2.16. The van der Waals surface area contributed by atoms with Crippen LogP contribution in [0.5, 0.6) is 0 Å². The molecule has 1 aliphatic rings. The first kappa shape index (κ1) is 13.2. The van der Waals surface area contributed by atoms with Crippen LogP contribution in [0.4, 0.5) is 0 Å². The van der Waals surface area contributed by atoms with Crippen molar-refractivity contribution in [3.63, 3.8) is 0 Å². The molecule has 0 bridgehead atoms. The number of hydrogen-bond donors (Lipinski definition) is 0. The van der Waals surface area contributed by atoms with Gasteiger partial charge in [0.1, 0.15) is 5.82 Å². The van der Waals surface area contributed by atoms with Gasteiger partial charge >= 0.3 is 0 Å². The lowest BCUT2D eigenvalue weighted by molar-refractivity contribution is 0.351. The van der Waals surface area contributed by atoms with E-state index >= 15 is 0 Å². The van der Waals surface area contributed by atoms with Crippen molar-refractivity contribution in [1.29, 1.82) is 0 Å². The van der Waals surface area contributed by atoms with Gasteiger partial charge in [0.25, 0.3) is 0 Å². The Balaban J connectivity index is 2.09. The molecule has 0 amide bonds. The Bertz CT molecular complexity index is 359. The molecule has 1 saturated carbocycles. The van der Waals surface area contributed by atoms with Gasteiger partial charge in [0.15, 0.2) is 0 Å². The lowest BCUT2D eigenvalue weighted by atomic mass is 9.94. The fraction of sp³-hybridized carbons (Fsp3) is 0.833. The van der Waals surface area contributed by atoms with Gasteiger partial charge in [-0.3, -0.25) is 4.57 Å². The van der Waals surface area contributed by atoms with E-state index < -0.39 is 0 Å². The number of thioether (sulfide) groups is 1. The maximum absolute atomic E-state index is 6.17. The quantitative estimate of drug-likeness (QED) is 0.837. The predicted molar refractivity (Wildman–Crippen MR) is 73.8 cm³/mol. The van der Waals surface area contributed by atoms with Crippen molar-refractivity contribution in [2.24, 2.45) is 0 Å². The first-order valence-electron chi connectivity index (χ1n) is 6.38. The second-order valence-electron chi connectivity index (χ2n) is 4.67. The van der Waals surface area contributed by atoms with Crippen molar-refractivity contribution in [3.05, 3.63) is 11.1 Å². The van der Waals surface area contributed by atoms with E-state index in [-0.39, 0.29) is 0 Å². The second kappa shape index (κ2) is 6.10. The summed E-state index contributed by atoms with van der Waals surface area (Å²) in [6.07, 6.45) is 9.26. The molecule has 0 atom stereocenters. The fourth-order valence-corrected chi connectivity index (χ4v) is 3.61. The van der Waals surface area contributed by atoms with Crippen molar-refractivity contribution < 1.29 is 0 Å². The average Bonchev–Trinajstić information content (AvgIpc) is 2.71. The summed E-state index contributed by atoms with van der Waals surface area (Å²) < 4.78 is 2.17.